The van der Waals surface area contributed by atoms with E-state index in [2.05, 4.69) is 27.7 Å². The first-order valence-electron chi connectivity index (χ1n) is 8.70. The van der Waals surface area contributed by atoms with Gasteiger partial charge in [0.1, 0.15) is 0 Å². The molecule has 0 aliphatic carbocycles. The smallest absolute Gasteiger partial charge is 0.239 e. The molecule has 0 spiro atoms. The molecular weight excluding hydrogens is 302 g/mol. The maximum Gasteiger partial charge on any atom is 0.239 e. The highest BCUT2D eigenvalue weighted by atomic mass is 16.2. The largest absolute Gasteiger partial charge is 0.372 e. The molecule has 2 N–H and O–H groups in total. The quantitative estimate of drug-likeness (QED) is 0.872. The van der Waals surface area contributed by atoms with E-state index < -0.39 is 5.41 Å². The van der Waals surface area contributed by atoms with E-state index in [9.17, 15) is 9.59 Å². The Balaban J connectivity index is 1.89. The first-order valence-corrected chi connectivity index (χ1v) is 8.70. The Kier molecular flexibility index (Phi) is 5.86. The van der Waals surface area contributed by atoms with Crippen molar-refractivity contribution >= 4 is 17.5 Å². The molecule has 5 heteroatoms. The highest BCUT2D eigenvalue weighted by Crippen LogP contribution is 2.23. The Morgan fingerprint density at radius 2 is 1.88 bits per heavy atom. The molecule has 2 rings (SSSR count). The zero-order valence-electron chi connectivity index (χ0n) is 15.2. The number of nitrogens with one attached hydrogen (secondary N) is 2. The fraction of sp³-hybridized carbons (Fsp3) is 0.579. The van der Waals surface area contributed by atoms with E-state index in [1.165, 1.54) is 18.5 Å². The van der Waals surface area contributed by atoms with Gasteiger partial charge in [0.2, 0.25) is 11.8 Å². The SMILES string of the molecule is C[C@H](NC(=O)CNC(=O)C(C)(C)C)c1cccc(N2CCCC2)c1. The zero-order valence-corrected chi connectivity index (χ0v) is 15.2. The van der Waals surface area contributed by atoms with Gasteiger partial charge < -0.3 is 15.5 Å². The van der Waals surface area contributed by atoms with Gasteiger partial charge in [-0.05, 0) is 37.5 Å². The maximum atomic E-state index is 12.1. The predicted molar refractivity (Wildman–Crippen MR) is 96.9 cm³/mol. The predicted octanol–water partition coefficient (Wildman–Crippen LogP) is 2.63. The van der Waals surface area contributed by atoms with Crippen LogP contribution in [-0.2, 0) is 9.59 Å². The zero-order chi connectivity index (χ0) is 17.7. The molecule has 0 saturated carbocycles. The lowest BCUT2D eigenvalue weighted by molar-refractivity contribution is -0.131. The summed E-state index contributed by atoms with van der Waals surface area (Å²) in [5.41, 5.74) is 1.80. The molecule has 0 bridgehead atoms. The Morgan fingerprint density at radius 1 is 1.21 bits per heavy atom. The molecule has 1 heterocycles. The Hall–Kier alpha value is -2.04. The molecular formula is C19H29N3O2. The minimum absolute atomic E-state index is 0.00621. The molecule has 1 atom stereocenters. The first kappa shape index (κ1) is 18.3. The van der Waals surface area contributed by atoms with Crippen LogP contribution < -0.4 is 15.5 Å². The summed E-state index contributed by atoms with van der Waals surface area (Å²) in [6, 6.07) is 8.23. The van der Waals surface area contributed by atoms with E-state index in [0.29, 0.717) is 0 Å². The summed E-state index contributed by atoms with van der Waals surface area (Å²) in [6.45, 7) is 9.65. The van der Waals surface area contributed by atoms with Crippen LogP contribution in [0.1, 0.15) is 52.1 Å². The van der Waals surface area contributed by atoms with Gasteiger partial charge >= 0.3 is 0 Å². The van der Waals surface area contributed by atoms with Crippen LogP contribution in [0.5, 0.6) is 0 Å². The van der Waals surface area contributed by atoms with Gasteiger partial charge in [-0.2, -0.15) is 0 Å². The van der Waals surface area contributed by atoms with E-state index in [1.807, 2.05) is 39.8 Å². The van der Waals surface area contributed by atoms with Crippen LogP contribution in [0, 0.1) is 5.41 Å². The van der Waals surface area contributed by atoms with Crippen LogP contribution in [0.25, 0.3) is 0 Å². The second-order valence-electron chi connectivity index (χ2n) is 7.51. The Morgan fingerprint density at radius 3 is 2.50 bits per heavy atom. The molecule has 24 heavy (non-hydrogen) atoms. The Labute approximate surface area is 144 Å². The van der Waals surface area contributed by atoms with Crippen LogP contribution in [0.4, 0.5) is 5.69 Å². The molecule has 5 nitrogen and oxygen atoms in total. The molecule has 132 valence electrons. The highest BCUT2D eigenvalue weighted by Gasteiger charge is 2.22. The third kappa shape index (κ3) is 4.98. The number of amides is 2. The number of rotatable bonds is 5. The van der Waals surface area contributed by atoms with Crippen molar-refractivity contribution in [2.45, 2.75) is 46.6 Å². The van der Waals surface area contributed by atoms with E-state index in [0.717, 1.165) is 18.7 Å². The third-order valence-electron chi connectivity index (χ3n) is 4.31. The van der Waals surface area contributed by atoms with Crippen molar-refractivity contribution in [1.82, 2.24) is 10.6 Å². The van der Waals surface area contributed by atoms with Crippen molar-refractivity contribution < 1.29 is 9.59 Å². The van der Waals surface area contributed by atoms with Crippen LogP contribution in [0.2, 0.25) is 0 Å². The van der Waals surface area contributed by atoms with Gasteiger partial charge in [-0.25, -0.2) is 0 Å². The van der Waals surface area contributed by atoms with Gasteiger partial charge in [0.05, 0.1) is 12.6 Å². The number of carbonyl (C=O) groups excluding carboxylic acids is 2. The van der Waals surface area contributed by atoms with Crippen LogP contribution in [-0.4, -0.2) is 31.4 Å². The topological polar surface area (TPSA) is 61.4 Å². The van der Waals surface area contributed by atoms with Gasteiger partial charge in [-0.1, -0.05) is 32.9 Å². The van der Waals surface area contributed by atoms with E-state index >= 15 is 0 Å². The average molecular weight is 331 g/mol. The maximum absolute atomic E-state index is 12.1. The Bertz CT molecular complexity index is 587. The molecule has 0 aromatic heterocycles. The summed E-state index contributed by atoms with van der Waals surface area (Å²) in [5, 5.41) is 5.62. The molecule has 1 aliphatic rings. The van der Waals surface area contributed by atoms with E-state index in [1.54, 1.807) is 0 Å². The number of hydrogen-bond acceptors (Lipinski definition) is 3. The second-order valence-corrected chi connectivity index (χ2v) is 7.51. The lowest BCUT2D eigenvalue weighted by Crippen LogP contribution is -2.42. The molecule has 1 aliphatic heterocycles. The summed E-state index contributed by atoms with van der Waals surface area (Å²) in [5.74, 6) is -0.298. The standard InChI is InChI=1S/C19H29N3O2/c1-14(21-17(23)13-20-18(24)19(2,3)4)15-8-7-9-16(12-15)22-10-5-6-11-22/h7-9,12,14H,5-6,10-11,13H2,1-4H3,(H,20,24)(H,21,23)/t14-/m0/s1. The molecule has 0 unspecified atom stereocenters. The fourth-order valence-corrected chi connectivity index (χ4v) is 2.77. The van der Waals surface area contributed by atoms with Crippen LogP contribution in [0.15, 0.2) is 24.3 Å². The number of carbonyl (C=O) groups is 2. The molecule has 2 amide bonds. The van der Waals surface area contributed by atoms with Crippen molar-refractivity contribution in [2.24, 2.45) is 5.41 Å². The van der Waals surface area contributed by atoms with Crippen molar-refractivity contribution in [3.8, 4) is 0 Å². The van der Waals surface area contributed by atoms with Crippen molar-refractivity contribution in [1.29, 1.82) is 0 Å². The monoisotopic (exact) mass is 331 g/mol. The first-order chi connectivity index (χ1) is 11.3. The summed E-state index contributed by atoms with van der Waals surface area (Å²) in [6.07, 6.45) is 2.48. The van der Waals surface area contributed by atoms with Gasteiger partial charge in [0.25, 0.3) is 0 Å². The lowest BCUT2D eigenvalue weighted by atomic mass is 9.96. The van der Waals surface area contributed by atoms with Crippen LogP contribution >= 0.6 is 0 Å². The van der Waals surface area contributed by atoms with Crippen LogP contribution in [0.3, 0.4) is 0 Å². The summed E-state index contributed by atoms with van der Waals surface area (Å²) >= 11 is 0. The average Bonchev–Trinajstić information content (AvgIpc) is 3.06. The van der Waals surface area contributed by atoms with Gasteiger partial charge in [0.15, 0.2) is 0 Å². The normalized spacial score (nSPS) is 15.9. The molecule has 1 aromatic carbocycles. The number of nitrogens with zero attached hydrogens (tertiary/aromatic N) is 1. The van der Waals surface area contributed by atoms with Gasteiger partial charge in [-0.3, -0.25) is 9.59 Å². The summed E-state index contributed by atoms with van der Waals surface area (Å²) in [4.78, 5) is 26.3. The third-order valence-corrected chi connectivity index (χ3v) is 4.31. The fourth-order valence-electron chi connectivity index (χ4n) is 2.77. The van der Waals surface area contributed by atoms with Crippen molar-refractivity contribution in [3.63, 3.8) is 0 Å². The number of anilines is 1. The minimum Gasteiger partial charge on any atom is -0.372 e. The van der Waals surface area contributed by atoms with Gasteiger partial charge in [-0.15, -0.1) is 0 Å². The number of benzene rings is 1. The van der Waals surface area contributed by atoms with Crippen molar-refractivity contribution in [3.05, 3.63) is 29.8 Å². The molecule has 1 saturated heterocycles. The highest BCUT2D eigenvalue weighted by molar-refractivity contribution is 5.87. The molecule has 1 fully saturated rings. The summed E-state index contributed by atoms with van der Waals surface area (Å²) in [7, 11) is 0. The molecule has 0 radical (unpaired) electrons. The van der Waals surface area contributed by atoms with E-state index in [-0.39, 0.29) is 24.4 Å². The minimum atomic E-state index is -0.490. The second kappa shape index (κ2) is 7.69. The number of hydrogen-bond donors (Lipinski definition) is 2. The van der Waals surface area contributed by atoms with Crippen molar-refractivity contribution in [2.75, 3.05) is 24.5 Å². The van der Waals surface area contributed by atoms with Gasteiger partial charge in [0, 0.05) is 24.2 Å². The summed E-state index contributed by atoms with van der Waals surface area (Å²) < 4.78 is 0. The lowest BCUT2D eigenvalue weighted by Gasteiger charge is -2.21. The van der Waals surface area contributed by atoms with E-state index in [4.69, 9.17) is 0 Å². The molecule has 1 aromatic rings.